The highest BCUT2D eigenvalue weighted by molar-refractivity contribution is 14.0. The molecule has 2 rings (SSSR count). The summed E-state index contributed by atoms with van der Waals surface area (Å²) in [6.45, 7) is 4.44. The van der Waals surface area contributed by atoms with E-state index in [2.05, 4.69) is 20.7 Å². The maximum absolute atomic E-state index is 12.4. The molecule has 0 unspecified atom stereocenters. The van der Waals surface area contributed by atoms with E-state index in [1.807, 2.05) is 24.6 Å². The molecule has 1 heterocycles. The zero-order chi connectivity index (χ0) is 20.6. The van der Waals surface area contributed by atoms with Crippen LogP contribution in [0.2, 0.25) is 0 Å². The first kappa shape index (κ1) is 25.1. The van der Waals surface area contributed by atoms with Crippen LogP contribution in [0.3, 0.4) is 0 Å². The number of benzene rings is 1. The van der Waals surface area contributed by atoms with Crippen molar-refractivity contribution < 1.29 is 17.9 Å². The molecule has 0 aliphatic rings. The van der Waals surface area contributed by atoms with Gasteiger partial charge in [-0.25, -0.2) is 0 Å². The smallest absolute Gasteiger partial charge is 0.422 e. The summed E-state index contributed by atoms with van der Waals surface area (Å²) in [5, 5.41) is 10.7. The molecule has 0 fully saturated rings. The minimum Gasteiger partial charge on any atom is -0.484 e. The Balaban J connectivity index is 0.00000420. The first-order chi connectivity index (χ1) is 13.3. The normalized spacial score (nSPS) is 11.7. The van der Waals surface area contributed by atoms with Crippen LogP contribution in [0.25, 0.3) is 0 Å². The van der Waals surface area contributed by atoms with Crippen LogP contribution >= 0.6 is 24.0 Å². The van der Waals surface area contributed by atoms with E-state index in [1.165, 1.54) is 6.07 Å². The Morgan fingerprint density at radius 2 is 1.93 bits per heavy atom. The van der Waals surface area contributed by atoms with Crippen LogP contribution in [0.15, 0.2) is 35.3 Å². The molecule has 0 aliphatic carbocycles. The van der Waals surface area contributed by atoms with E-state index < -0.39 is 12.8 Å². The lowest BCUT2D eigenvalue weighted by molar-refractivity contribution is -0.153. The summed E-state index contributed by atoms with van der Waals surface area (Å²) in [4.78, 5) is 4.14. The fourth-order valence-electron chi connectivity index (χ4n) is 2.69. The summed E-state index contributed by atoms with van der Waals surface area (Å²) in [7, 11) is 1.64. The topological polar surface area (TPSA) is 63.5 Å². The van der Waals surface area contributed by atoms with Crippen LogP contribution < -0.4 is 15.4 Å². The predicted octanol–water partition coefficient (Wildman–Crippen LogP) is 3.81. The maximum Gasteiger partial charge on any atom is 0.422 e. The number of hydrogen-bond acceptors (Lipinski definition) is 3. The third-order valence-electron chi connectivity index (χ3n) is 3.98. The van der Waals surface area contributed by atoms with Gasteiger partial charge in [0.1, 0.15) is 5.75 Å². The molecule has 0 bridgehead atoms. The molecule has 2 aromatic rings. The van der Waals surface area contributed by atoms with Crippen molar-refractivity contribution in [2.24, 2.45) is 4.99 Å². The van der Waals surface area contributed by atoms with Crippen LogP contribution in [-0.2, 0) is 13.1 Å². The van der Waals surface area contributed by atoms with E-state index in [9.17, 15) is 13.2 Å². The SMILES string of the molecule is CN=C(NCCCn1nc(C)cc1C)NCc1ccccc1OCC(F)(F)F.I. The largest absolute Gasteiger partial charge is 0.484 e. The average molecular weight is 525 g/mol. The number of nitrogens with one attached hydrogen (secondary N) is 2. The second-order valence-electron chi connectivity index (χ2n) is 6.37. The number of alkyl halides is 3. The number of rotatable bonds is 8. The zero-order valence-electron chi connectivity index (χ0n) is 16.7. The fraction of sp³-hybridized carbons (Fsp3) is 0.474. The molecule has 0 saturated carbocycles. The quantitative estimate of drug-likeness (QED) is 0.238. The molecule has 0 spiro atoms. The number of aliphatic imine (C=N–C) groups is 1. The van der Waals surface area contributed by atoms with Gasteiger partial charge in [-0.3, -0.25) is 9.67 Å². The molecule has 0 amide bonds. The summed E-state index contributed by atoms with van der Waals surface area (Å²) in [5.74, 6) is 0.770. The third-order valence-corrected chi connectivity index (χ3v) is 3.98. The van der Waals surface area contributed by atoms with Gasteiger partial charge in [-0.1, -0.05) is 18.2 Å². The molecule has 0 atom stereocenters. The van der Waals surface area contributed by atoms with Crippen molar-refractivity contribution in [3.8, 4) is 5.75 Å². The zero-order valence-corrected chi connectivity index (χ0v) is 19.0. The van der Waals surface area contributed by atoms with E-state index in [0.717, 1.165) is 24.4 Å². The van der Waals surface area contributed by atoms with Gasteiger partial charge in [0.2, 0.25) is 0 Å². The van der Waals surface area contributed by atoms with Crippen molar-refractivity contribution in [2.45, 2.75) is 39.5 Å². The highest BCUT2D eigenvalue weighted by atomic mass is 127. The van der Waals surface area contributed by atoms with Crippen LogP contribution in [0.4, 0.5) is 13.2 Å². The Hall–Kier alpha value is -1.98. The van der Waals surface area contributed by atoms with Gasteiger partial charge in [0.25, 0.3) is 0 Å². The number of guanidine groups is 1. The van der Waals surface area contributed by atoms with Gasteiger partial charge in [-0.05, 0) is 32.4 Å². The van der Waals surface area contributed by atoms with Crippen LogP contribution in [0.5, 0.6) is 5.75 Å². The lowest BCUT2D eigenvalue weighted by Crippen LogP contribution is -2.37. The van der Waals surface area contributed by atoms with Crippen LogP contribution in [0, 0.1) is 13.8 Å². The second kappa shape index (κ2) is 11.9. The Bertz CT molecular complexity index is 792. The molecule has 162 valence electrons. The van der Waals surface area contributed by atoms with Gasteiger partial charge < -0.3 is 15.4 Å². The highest BCUT2D eigenvalue weighted by Crippen LogP contribution is 2.22. The predicted molar refractivity (Wildman–Crippen MR) is 118 cm³/mol. The number of aryl methyl sites for hydroxylation is 3. The van der Waals surface area contributed by atoms with Gasteiger partial charge in [-0.15, -0.1) is 24.0 Å². The number of nitrogens with zero attached hydrogens (tertiary/aromatic N) is 3. The molecule has 0 radical (unpaired) electrons. The molecule has 2 N–H and O–H groups in total. The number of halogens is 4. The summed E-state index contributed by atoms with van der Waals surface area (Å²) in [6, 6.07) is 8.66. The number of hydrogen-bond donors (Lipinski definition) is 2. The van der Waals surface area contributed by atoms with E-state index in [-0.39, 0.29) is 29.7 Å². The van der Waals surface area contributed by atoms with E-state index in [1.54, 1.807) is 25.2 Å². The van der Waals surface area contributed by atoms with Gasteiger partial charge in [0.15, 0.2) is 12.6 Å². The summed E-state index contributed by atoms with van der Waals surface area (Å²) in [6.07, 6.45) is -3.52. The molecular formula is C19H27F3IN5O. The summed E-state index contributed by atoms with van der Waals surface area (Å²) < 4.78 is 44.0. The average Bonchev–Trinajstić information content (AvgIpc) is 2.96. The molecule has 29 heavy (non-hydrogen) atoms. The van der Waals surface area contributed by atoms with E-state index in [0.29, 0.717) is 24.6 Å². The molecule has 0 aliphatic heterocycles. The molecule has 1 aromatic carbocycles. The van der Waals surface area contributed by atoms with Gasteiger partial charge in [0, 0.05) is 37.9 Å². The lowest BCUT2D eigenvalue weighted by Gasteiger charge is -2.15. The van der Waals surface area contributed by atoms with Crippen molar-refractivity contribution in [1.82, 2.24) is 20.4 Å². The highest BCUT2D eigenvalue weighted by Gasteiger charge is 2.28. The summed E-state index contributed by atoms with van der Waals surface area (Å²) in [5.41, 5.74) is 2.74. The Labute approximate surface area is 185 Å². The van der Waals surface area contributed by atoms with Crippen molar-refractivity contribution in [3.05, 3.63) is 47.3 Å². The number of ether oxygens (including phenoxy) is 1. The lowest BCUT2D eigenvalue weighted by atomic mass is 10.2. The maximum atomic E-state index is 12.4. The van der Waals surface area contributed by atoms with Gasteiger partial charge in [-0.2, -0.15) is 18.3 Å². The third kappa shape index (κ3) is 8.92. The Kier molecular flexibility index (Phi) is 10.3. The van der Waals surface area contributed by atoms with E-state index >= 15 is 0 Å². The minimum atomic E-state index is -4.37. The first-order valence-corrected chi connectivity index (χ1v) is 9.01. The summed E-state index contributed by atoms with van der Waals surface area (Å²) >= 11 is 0. The number of aromatic nitrogens is 2. The second-order valence-corrected chi connectivity index (χ2v) is 6.37. The van der Waals surface area contributed by atoms with Crippen molar-refractivity contribution >= 4 is 29.9 Å². The molecule has 6 nitrogen and oxygen atoms in total. The minimum absolute atomic E-state index is 0. The van der Waals surface area contributed by atoms with Crippen LogP contribution in [0.1, 0.15) is 23.4 Å². The number of para-hydroxylation sites is 1. The molecule has 0 saturated heterocycles. The molecule has 1 aromatic heterocycles. The van der Waals surface area contributed by atoms with Crippen molar-refractivity contribution in [3.63, 3.8) is 0 Å². The van der Waals surface area contributed by atoms with Crippen molar-refractivity contribution in [2.75, 3.05) is 20.2 Å². The first-order valence-electron chi connectivity index (χ1n) is 9.01. The molecule has 10 heteroatoms. The monoisotopic (exact) mass is 525 g/mol. The van der Waals surface area contributed by atoms with Crippen molar-refractivity contribution in [1.29, 1.82) is 0 Å². The fourth-order valence-corrected chi connectivity index (χ4v) is 2.69. The van der Waals surface area contributed by atoms with Crippen LogP contribution in [-0.4, -0.2) is 42.1 Å². The Morgan fingerprint density at radius 1 is 1.21 bits per heavy atom. The van der Waals surface area contributed by atoms with Gasteiger partial charge in [0.05, 0.1) is 5.69 Å². The molecular weight excluding hydrogens is 498 g/mol. The standard InChI is InChI=1S/C19H26F3N5O.HI/c1-14-11-15(2)27(26-14)10-6-9-24-18(23-3)25-12-16-7-4-5-8-17(16)28-13-19(20,21)22;/h4-5,7-8,11H,6,9-10,12-13H2,1-3H3,(H2,23,24,25);1H. The Morgan fingerprint density at radius 3 is 2.55 bits per heavy atom. The van der Waals surface area contributed by atoms with Gasteiger partial charge >= 0.3 is 6.18 Å². The van der Waals surface area contributed by atoms with E-state index in [4.69, 9.17) is 4.74 Å².